The molecule has 0 heterocycles. The first-order valence-corrected chi connectivity index (χ1v) is 5.62. The van der Waals surface area contributed by atoms with Gasteiger partial charge in [0.05, 0.1) is 0 Å². The van der Waals surface area contributed by atoms with Crippen molar-refractivity contribution in [3.63, 3.8) is 0 Å². The molecule has 0 aromatic rings. The summed E-state index contributed by atoms with van der Waals surface area (Å²) >= 11 is 0. The van der Waals surface area contributed by atoms with Crippen molar-refractivity contribution in [3.8, 4) is 0 Å². The lowest BCUT2D eigenvalue weighted by atomic mass is 9.92. The number of quaternary nitrogens is 1. The van der Waals surface area contributed by atoms with Crippen LogP contribution in [0.3, 0.4) is 0 Å². The van der Waals surface area contributed by atoms with Gasteiger partial charge in [-0.3, -0.25) is 0 Å². The number of hydrogen-bond acceptors (Lipinski definition) is 4. The molecule has 0 aromatic carbocycles. The lowest BCUT2D eigenvalue weighted by molar-refractivity contribution is -1.11. The lowest BCUT2D eigenvalue weighted by Gasteiger charge is -2.35. The minimum absolute atomic E-state index is 0.0175. The van der Waals surface area contributed by atoms with E-state index in [1.54, 1.807) is 19.2 Å². The number of hydrogen-bond donors (Lipinski definition) is 1. The molecule has 1 aliphatic carbocycles. The minimum atomic E-state index is 0.0175. The number of nitrogens with two attached hydrogens (primary N) is 1. The van der Waals surface area contributed by atoms with E-state index in [2.05, 4.69) is 11.9 Å². The van der Waals surface area contributed by atoms with Crippen molar-refractivity contribution < 1.29 is 9.69 Å². The van der Waals surface area contributed by atoms with Gasteiger partial charge in [0.2, 0.25) is 0 Å². The summed E-state index contributed by atoms with van der Waals surface area (Å²) in [7, 11) is 7.69. The zero-order valence-electron chi connectivity index (χ0n) is 10.4. The molecule has 0 aliphatic heterocycles. The van der Waals surface area contributed by atoms with E-state index in [0.717, 1.165) is 19.1 Å². The van der Waals surface area contributed by atoms with Gasteiger partial charge in [0, 0.05) is 26.2 Å². The van der Waals surface area contributed by atoms with Crippen molar-refractivity contribution >= 4 is 0 Å². The summed E-state index contributed by atoms with van der Waals surface area (Å²) in [4.78, 5) is 7.84. The molecule has 0 radical (unpaired) electrons. The van der Waals surface area contributed by atoms with Crippen molar-refractivity contribution in [2.24, 2.45) is 5.84 Å². The Morgan fingerprint density at radius 2 is 1.87 bits per heavy atom. The van der Waals surface area contributed by atoms with Gasteiger partial charge in [-0.15, -0.1) is 10.9 Å². The first-order valence-electron chi connectivity index (χ1n) is 5.62. The highest BCUT2D eigenvalue weighted by Crippen LogP contribution is 2.23. The van der Waals surface area contributed by atoms with Crippen LogP contribution in [0.25, 0.3) is 0 Å². The predicted molar refractivity (Wildman–Crippen MR) is 60.3 cm³/mol. The number of likely N-dealkylation sites (N-methyl/N-ethyl adjacent to an activating group) is 2. The fourth-order valence-corrected chi connectivity index (χ4v) is 1.71. The summed E-state index contributed by atoms with van der Waals surface area (Å²) < 4.78 is 0.0175. The smallest absolute Gasteiger partial charge is 0.120 e. The second-order valence-corrected chi connectivity index (χ2v) is 4.93. The van der Waals surface area contributed by atoms with Crippen LogP contribution in [0.2, 0.25) is 0 Å². The average Bonchev–Trinajstić information content (AvgIpc) is 1.94. The molecule has 0 unspecified atom stereocenters. The molecule has 0 saturated heterocycles. The summed E-state index contributed by atoms with van der Waals surface area (Å²) in [5.41, 5.74) is 0. The minimum Gasteiger partial charge on any atom is -0.302 e. The third-order valence-electron chi connectivity index (χ3n) is 2.82. The van der Waals surface area contributed by atoms with Crippen molar-refractivity contribution in [1.29, 1.82) is 0 Å². The molecule has 0 spiro atoms. The Morgan fingerprint density at radius 3 is 2.27 bits per heavy atom. The summed E-state index contributed by atoms with van der Waals surface area (Å²) in [5, 5.41) is 1.80. The van der Waals surface area contributed by atoms with E-state index in [-0.39, 0.29) is 4.76 Å². The van der Waals surface area contributed by atoms with Crippen LogP contribution in [0.15, 0.2) is 0 Å². The van der Waals surface area contributed by atoms with Crippen LogP contribution in [-0.2, 0) is 4.94 Å². The third kappa shape index (κ3) is 4.90. The van der Waals surface area contributed by atoms with Gasteiger partial charge < -0.3 is 4.90 Å². The molecule has 15 heavy (non-hydrogen) atoms. The van der Waals surface area contributed by atoms with E-state index in [1.807, 2.05) is 7.05 Å². The van der Waals surface area contributed by atoms with Gasteiger partial charge in [-0.1, -0.05) is 16.1 Å². The van der Waals surface area contributed by atoms with Crippen LogP contribution in [0, 0.1) is 0 Å². The molecule has 5 heteroatoms. The van der Waals surface area contributed by atoms with Crippen LogP contribution in [0.4, 0.5) is 0 Å². The predicted octanol–water partition coefficient (Wildman–Crippen LogP) is 0.199. The van der Waals surface area contributed by atoms with Crippen molar-refractivity contribution in [1.82, 2.24) is 9.96 Å². The van der Waals surface area contributed by atoms with Gasteiger partial charge in [-0.2, -0.15) is 0 Å². The molecule has 1 saturated carbocycles. The van der Waals surface area contributed by atoms with Gasteiger partial charge in [-0.05, 0) is 19.9 Å². The summed E-state index contributed by atoms with van der Waals surface area (Å²) in [6.45, 7) is 1.91. The molecule has 1 rings (SSSR count). The number of rotatable bonds is 6. The maximum Gasteiger partial charge on any atom is 0.120 e. The highest BCUT2D eigenvalue weighted by atomic mass is 16.9. The largest absolute Gasteiger partial charge is 0.302 e. The van der Waals surface area contributed by atoms with Crippen molar-refractivity contribution in [3.05, 3.63) is 0 Å². The highest BCUT2D eigenvalue weighted by Gasteiger charge is 2.22. The van der Waals surface area contributed by atoms with Crippen LogP contribution in [0.5, 0.6) is 0 Å². The Kier molecular flexibility index (Phi) is 4.48. The first kappa shape index (κ1) is 12.9. The topological polar surface area (TPSA) is 41.7 Å². The summed E-state index contributed by atoms with van der Waals surface area (Å²) in [6, 6.07) is 0.791. The van der Waals surface area contributed by atoms with Gasteiger partial charge in [-0.25, -0.2) is 0 Å². The average molecular weight is 217 g/mol. The fraction of sp³-hybridized carbons (Fsp3) is 1.00. The maximum atomic E-state index is 5.70. The maximum absolute atomic E-state index is 5.70. The quantitative estimate of drug-likeness (QED) is 0.392. The van der Waals surface area contributed by atoms with Crippen LogP contribution in [0.1, 0.15) is 19.3 Å². The molecule has 90 valence electrons. The van der Waals surface area contributed by atoms with E-state index in [4.69, 9.17) is 10.8 Å². The molecule has 0 amide bonds. The normalized spacial score (nSPS) is 18.6. The Balaban J connectivity index is 2.12. The molecule has 0 bridgehead atoms. The zero-order valence-corrected chi connectivity index (χ0v) is 10.4. The van der Waals surface area contributed by atoms with E-state index >= 15 is 0 Å². The Morgan fingerprint density at radius 1 is 1.27 bits per heavy atom. The fourth-order valence-electron chi connectivity index (χ4n) is 1.71. The summed E-state index contributed by atoms with van der Waals surface area (Å²) in [5.74, 6) is 5.70. The van der Waals surface area contributed by atoms with Crippen molar-refractivity contribution in [2.45, 2.75) is 25.3 Å². The van der Waals surface area contributed by atoms with Gasteiger partial charge in [0.1, 0.15) is 14.1 Å². The van der Waals surface area contributed by atoms with Gasteiger partial charge >= 0.3 is 0 Å². The number of nitrogens with zero attached hydrogens (tertiary/aromatic N) is 3. The molecule has 0 atom stereocenters. The lowest BCUT2D eigenvalue weighted by Crippen LogP contribution is -2.52. The zero-order chi connectivity index (χ0) is 11.5. The third-order valence-corrected chi connectivity index (χ3v) is 2.82. The Hall–Kier alpha value is -0.200. The van der Waals surface area contributed by atoms with Gasteiger partial charge in [0.25, 0.3) is 0 Å². The van der Waals surface area contributed by atoms with E-state index in [9.17, 15) is 0 Å². The van der Waals surface area contributed by atoms with E-state index in [1.165, 1.54) is 19.3 Å². The molecule has 0 aromatic heterocycles. The van der Waals surface area contributed by atoms with Gasteiger partial charge in [0.15, 0.2) is 0 Å². The SMILES string of the molecule is CN(CCN(C)C1CCC1)O[N+](C)(C)N. The van der Waals surface area contributed by atoms with E-state index < -0.39 is 0 Å². The highest BCUT2D eigenvalue weighted by molar-refractivity contribution is 4.77. The molecule has 1 aliphatic rings. The Bertz CT molecular complexity index is 188. The molecule has 5 nitrogen and oxygen atoms in total. The molecular formula is C10H25N4O+. The molecule has 1 fully saturated rings. The van der Waals surface area contributed by atoms with Crippen LogP contribution >= 0.6 is 0 Å². The molecule has 2 N–H and O–H groups in total. The second kappa shape index (κ2) is 5.23. The summed E-state index contributed by atoms with van der Waals surface area (Å²) in [6.07, 6.45) is 4.08. The second-order valence-electron chi connectivity index (χ2n) is 4.93. The first-order chi connectivity index (χ1) is 6.88. The van der Waals surface area contributed by atoms with Crippen LogP contribution in [-0.4, -0.2) is 62.0 Å². The van der Waals surface area contributed by atoms with E-state index in [0.29, 0.717) is 0 Å². The number of hydroxylamine groups is 4. The Labute approximate surface area is 92.8 Å². The monoisotopic (exact) mass is 217 g/mol. The standard InChI is InChI=1S/C10H25N4O/c1-12(10-6-5-7-10)8-9-13(2)15-14(3,4)11/h10H,5-9,11H2,1-4H3/q+1. The van der Waals surface area contributed by atoms with Crippen LogP contribution < -0.4 is 5.84 Å². The molecular weight excluding hydrogens is 192 g/mol. The van der Waals surface area contributed by atoms with Crippen molar-refractivity contribution in [2.75, 3.05) is 41.3 Å².